The number of hydrogen-bond donors (Lipinski definition) is 0. The molecule has 0 amide bonds. The fourth-order valence-electron chi connectivity index (χ4n) is 1.95. The first-order valence-corrected chi connectivity index (χ1v) is 6.37. The number of esters is 1. The second-order valence-electron chi connectivity index (χ2n) is 4.59. The van der Waals surface area contributed by atoms with Gasteiger partial charge in [-0.2, -0.15) is 0 Å². The van der Waals surface area contributed by atoms with Gasteiger partial charge in [-0.05, 0) is 25.1 Å². The first kappa shape index (κ1) is 13.7. The second kappa shape index (κ2) is 5.28. The molecule has 0 radical (unpaired) electrons. The normalized spacial score (nSPS) is 15.8. The van der Waals surface area contributed by atoms with Gasteiger partial charge in [-0.15, -0.1) is 0 Å². The highest BCUT2D eigenvalue weighted by Crippen LogP contribution is 2.22. The van der Waals surface area contributed by atoms with Crippen LogP contribution in [-0.4, -0.2) is 16.8 Å². The van der Waals surface area contributed by atoms with E-state index in [2.05, 4.69) is 4.99 Å². The van der Waals surface area contributed by atoms with E-state index in [0.29, 0.717) is 17.1 Å². The van der Waals surface area contributed by atoms with Gasteiger partial charge in [-0.1, -0.05) is 6.07 Å². The van der Waals surface area contributed by atoms with E-state index < -0.39 is 10.9 Å². The van der Waals surface area contributed by atoms with Crippen LogP contribution in [0.4, 0.5) is 5.69 Å². The van der Waals surface area contributed by atoms with E-state index >= 15 is 0 Å². The molecule has 1 aliphatic heterocycles. The van der Waals surface area contributed by atoms with Crippen LogP contribution in [0.25, 0.3) is 6.08 Å². The standard InChI is InChI=1S/C15H10N2O5/c1-9-5-6-12(21-9)8-13-15(18)22-14(16-13)10-3-2-4-11(7-10)17(19)20/h2-8H,1H3. The fourth-order valence-corrected chi connectivity index (χ4v) is 1.95. The molecule has 7 heteroatoms. The predicted molar refractivity (Wildman–Crippen MR) is 77.1 cm³/mol. The Morgan fingerprint density at radius 2 is 2.09 bits per heavy atom. The SMILES string of the molecule is Cc1ccc(C=C2N=C(c3cccc([N+](=O)[O-])c3)OC2=O)o1. The lowest BCUT2D eigenvalue weighted by Gasteiger charge is -1.98. The average Bonchev–Trinajstić information content (AvgIpc) is 3.06. The summed E-state index contributed by atoms with van der Waals surface area (Å²) < 4.78 is 10.4. The summed E-state index contributed by atoms with van der Waals surface area (Å²) in [6.07, 6.45) is 1.46. The van der Waals surface area contributed by atoms with Crippen molar-refractivity contribution in [3.8, 4) is 0 Å². The van der Waals surface area contributed by atoms with E-state index in [0.717, 1.165) is 0 Å². The van der Waals surface area contributed by atoms with Gasteiger partial charge in [0.15, 0.2) is 5.70 Å². The van der Waals surface area contributed by atoms with Crippen LogP contribution in [-0.2, 0) is 9.53 Å². The molecular formula is C15H10N2O5. The van der Waals surface area contributed by atoms with Crippen molar-refractivity contribution in [2.24, 2.45) is 4.99 Å². The van der Waals surface area contributed by atoms with Gasteiger partial charge in [0.1, 0.15) is 11.5 Å². The van der Waals surface area contributed by atoms with Crippen LogP contribution < -0.4 is 0 Å². The van der Waals surface area contributed by atoms with Crippen molar-refractivity contribution >= 4 is 23.6 Å². The van der Waals surface area contributed by atoms with Crippen LogP contribution in [0.2, 0.25) is 0 Å². The Morgan fingerprint density at radius 3 is 2.77 bits per heavy atom. The molecule has 110 valence electrons. The van der Waals surface area contributed by atoms with Gasteiger partial charge >= 0.3 is 5.97 Å². The number of rotatable bonds is 3. The quantitative estimate of drug-likeness (QED) is 0.376. The molecule has 0 bridgehead atoms. The van der Waals surface area contributed by atoms with E-state index in [1.807, 2.05) is 0 Å². The molecule has 22 heavy (non-hydrogen) atoms. The van der Waals surface area contributed by atoms with E-state index in [4.69, 9.17) is 9.15 Å². The summed E-state index contributed by atoms with van der Waals surface area (Å²) in [6.45, 7) is 1.78. The maximum absolute atomic E-state index is 11.8. The third-order valence-electron chi connectivity index (χ3n) is 2.96. The summed E-state index contributed by atoms with van der Waals surface area (Å²) in [5.74, 6) is 0.591. The van der Waals surface area contributed by atoms with Crippen LogP contribution in [0, 0.1) is 17.0 Å². The molecule has 0 saturated heterocycles. The van der Waals surface area contributed by atoms with Crippen molar-refractivity contribution in [3.63, 3.8) is 0 Å². The lowest BCUT2D eigenvalue weighted by atomic mass is 10.2. The molecule has 0 atom stereocenters. The minimum absolute atomic E-state index is 0.0308. The number of furan rings is 1. The predicted octanol–water partition coefficient (Wildman–Crippen LogP) is 2.84. The first-order chi connectivity index (χ1) is 10.5. The molecule has 1 aromatic heterocycles. The van der Waals surface area contributed by atoms with E-state index in [1.54, 1.807) is 25.1 Å². The smallest absolute Gasteiger partial charge is 0.363 e. The molecule has 1 aromatic carbocycles. The zero-order valence-electron chi connectivity index (χ0n) is 11.5. The number of ether oxygens (including phenoxy) is 1. The average molecular weight is 298 g/mol. The van der Waals surface area contributed by atoms with E-state index in [9.17, 15) is 14.9 Å². The molecule has 0 aliphatic carbocycles. The second-order valence-corrected chi connectivity index (χ2v) is 4.59. The summed E-state index contributed by atoms with van der Waals surface area (Å²) in [7, 11) is 0. The Labute approximate surface area is 124 Å². The Hall–Kier alpha value is -3.22. The number of non-ortho nitro benzene ring substituents is 1. The number of nitro benzene ring substituents is 1. The molecule has 0 saturated carbocycles. The van der Waals surface area contributed by atoms with Crippen LogP contribution in [0.3, 0.4) is 0 Å². The van der Waals surface area contributed by atoms with Crippen molar-refractivity contribution in [1.82, 2.24) is 0 Å². The number of carbonyl (C=O) groups is 1. The summed E-state index contributed by atoms with van der Waals surface area (Å²) >= 11 is 0. The zero-order chi connectivity index (χ0) is 15.7. The topological polar surface area (TPSA) is 94.9 Å². The summed E-state index contributed by atoms with van der Waals surface area (Å²) in [4.78, 5) is 26.1. The van der Waals surface area contributed by atoms with Gasteiger partial charge in [0.05, 0.1) is 4.92 Å². The maximum atomic E-state index is 11.8. The fraction of sp³-hybridized carbons (Fsp3) is 0.0667. The number of cyclic esters (lactones) is 1. The van der Waals surface area contributed by atoms with Crippen molar-refractivity contribution in [1.29, 1.82) is 0 Å². The summed E-state index contributed by atoms with van der Waals surface area (Å²) in [6, 6.07) is 9.20. The number of carbonyl (C=O) groups excluding carboxylic acids is 1. The minimum Gasteiger partial charge on any atom is -0.462 e. The Bertz CT molecular complexity index is 832. The zero-order valence-corrected chi connectivity index (χ0v) is 11.5. The Kier molecular flexibility index (Phi) is 3.30. The highest BCUT2D eigenvalue weighted by atomic mass is 16.6. The lowest BCUT2D eigenvalue weighted by molar-refractivity contribution is -0.384. The van der Waals surface area contributed by atoms with Crippen molar-refractivity contribution in [3.05, 3.63) is 69.3 Å². The molecule has 2 aromatic rings. The summed E-state index contributed by atoms with van der Waals surface area (Å²) in [5.41, 5.74) is 0.341. The first-order valence-electron chi connectivity index (χ1n) is 6.37. The molecular weight excluding hydrogens is 288 g/mol. The molecule has 3 rings (SSSR count). The van der Waals surface area contributed by atoms with Crippen LogP contribution in [0.1, 0.15) is 17.1 Å². The van der Waals surface area contributed by atoms with E-state index in [-0.39, 0.29) is 17.3 Å². The molecule has 0 fully saturated rings. The van der Waals surface area contributed by atoms with E-state index in [1.165, 1.54) is 24.3 Å². The number of hydrogen-bond acceptors (Lipinski definition) is 6. The third-order valence-corrected chi connectivity index (χ3v) is 2.96. The Balaban J connectivity index is 1.94. The minimum atomic E-state index is -0.629. The number of aliphatic imine (C=N–C) groups is 1. The lowest BCUT2D eigenvalue weighted by Crippen LogP contribution is -2.05. The monoisotopic (exact) mass is 298 g/mol. The number of nitro groups is 1. The van der Waals surface area contributed by atoms with Crippen molar-refractivity contribution < 1.29 is 18.9 Å². The van der Waals surface area contributed by atoms with Gasteiger partial charge in [-0.3, -0.25) is 10.1 Å². The molecule has 7 nitrogen and oxygen atoms in total. The van der Waals surface area contributed by atoms with Crippen molar-refractivity contribution in [2.75, 3.05) is 0 Å². The largest absolute Gasteiger partial charge is 0.462 e. The number of benzene rings is 1. The maximum Gasteiger partial charge on any atom is 0.363 e. The van der Waals surface area contributed by atoms with Crippen LogP contribution in [0.15, 0.2) is 51.5 Å². The molecule has 2 heterocycles. The molecule has 1 aliphatic rings. The van der Waals surface area contributed by atoms with Gasteiger partial charge in [0.25, 0.3) is 5.69 Å². The van der Waals surface area contributed by atoms with Gasteiger partial charge < -0.3 is 9.15 Å². The molecule has 0 unspecified atom stereocenters. The Morgan fingerprint density at radius 1 is 1.27 bits per heavy atom. The number of aryl methyl sites for hydroxylation is 1. The van der Waals surface area contributed by atoms with Crippen molar-refractivity contribution in [2.45, 2.75) is 6.92 Å². The molecule has 0 N–H and O–H groups in total. The highest BCUT2D eigenvalue weighted by Gasteiger charge is 2.25. The highest BCUT2D eigenvalue weighted by molar-refractivity contribution is 6.12. The van der Waals surface area contributed by atoms with Gasteiger partial charge in [-0.25, -0.2) is 9.79 Å². The van der Waals surface area contributed by atoms with Crippen LogP contribution >= 0.6 is 0 Å². The number of nitrogens with zero attached hydrogens (tertiary/aromatic N) is 2. The van der Waals surface area contributed by atoms with Gasteiger partial charge in [0, 0.05) is 23.8 Å². The summed E-state index contributed by atoms with van der Waals surface area (Å²) in [5, 5.41) is 10.8. The van der Waals surface area contributed by atoms with Crippen LogP contribution in [0.5, 0.6) is 0 Å². The van der Waals surface area contributed by atoms with Gasteiger partial charge in [0.2, 0.25) is 5.90 Å². The molecule has 0 spiro atoms. The third kappa shape index (κ3) is 2.64.